The molecule has 4 rings (SSSR count). The third kappa shape index (κ3) is 3.10. The van der Waals surface area contributed by atoms with Gasteiger partial charge in [-0.2, -0.15) is 0 Å². The summed E-state index contributed by atoms with van der Waals surface area (Å²) in [6.07, 6.45) is 0. The van der Waals surface area contributed by atoms with Gasteiger partial charge in [0.25, 0.3) is 0 Å². The molecule has 0 spiro atoms. The van der Waals surface area contributed by atoms with Crippen molar-refractivity contribution in [3.8, 4) is 28.4 Å². The van der Waals surface area contributed by atoms with Crippen LogP contribution in [-0.2, 0) is 0 Å². The van der Waals surface area contributed by atoms with Gasteiger partial charge in [-0.25, -0.2) is 9.97 Å². The van der Waals surface area contributed by atoms with Crippen LogP contribution in [0.15, 0.2) is 78.9 Å². The highest BCUT2D eigenvalue weighted by Crippen LogP contribution is 2.29. The molecule has 0 aliphatic heterocycles. The molecule has 0 atom stereocenters. The van der Waals surface area contributed by atoms with Gasteiger partial charge in [0, 0.05) is 16.5 Å². The minimum absolute atomic E-state index is 0.551. The summed E-state index contributed by atoms with van der Waals surface area (Å²) >= 11 is 0. The number of nitrogens with zero attached hydrogens (tertiary/aromatic N) is 2. The second-order valence-corrected chi connectivity index (χ2v) is 5.53. The lowest BCUT2D eigenvalue weighted by molar-refractivity contribution is 0.454. The normalized spacial score (nSPS) is 10.6. The average Bonchev–Trinajstić information content (AvgIpc) is 2.69. The van der Waals surface area contributed by atoms with E-state index in [-0.39, 0.29) is 0 Å². The van der Waals surface area contributed by atoms with Crippen molar-refractivity contribution < 1.29 is 9.68 Å². The molecule has 0 saturated carbocycles. The maximum Gasteiger partial charge on any atom is 0.569 e. The second-order valence-electron chi connectivity index (χ2n) is 5.53. The Bertz CT molecular complexity index is 1010. The number of para-hydroxylation sites is 1. The third-order valence-electron chi connectivity index (χ3n) is 3.95. The average molecular weight is 325 g/mol. The van der Waals surface area contributed by atoms with Crippen LogP contribution < -0.4 is 4.65 Å². The molecule has 0 amide bonds. The van der Waals surface area contributed by atoms with Gasteiger partial charge >= 0.3 is 7.69 Å². The molecule has 0 aliphatic rings. The lowest BCUT2D eigenvalue weighted by atomic mass is 10.1. The minimum atomic E-state index is 0.551. The lowest BCUT2D eigenvalue weighted by Crippen LogP contribution is -1.99. The van der Waals surface area contributed by atoms with E-state index >= 15 is 0 Å². The summed E-state index contributed by atoms with van der Waals surface area (Å²) in [5.41, 5.74) is 3.74. The van der Waals surface area contributed by atoms with Gasteiger partial charge in [0.2, 0.25) is 0 Å². The number of benzene rings is 3. The zero-order valence-electron chi connectivity index (χ0n) is 13.3. The van der Waals surface area contributed by atoms with E-state index in [0.717, 1.165) is 27.7 Å². The van der Waals surface area contributed by atoms with Crippen molar-refractivity contribution in [2.24, 2.45) is 0 Å². The van der Waals surface area contributed by atoms with Crippen LogP contribution in [0, 0.1) is 0 Å². The van der Waals surface area contributed by atoms with Crippen molar-refractivity contribution >= 4 is 18.6 Å². The zero-order chi connectivity index (χ0) is 17.1. The SMILES string of the molecule is O[B]Oc1ccc(-c2nc(-c3ccccc3)c3ccccc3n2)cc1. The molecule has 25 heavy (non-hydrogen) atoms. The monoisotopic (exact) mass is 325 g/mol. The van der Waals surface area contributed by atoms with Gasteiger partial charge in [0.15, 0.2) is 5.82 Å². The van der Waals surface area contributed by atoms with Crippen molar-refractivity contribution in [3.63, 3.8) is 0 Å². The Morgan fingerprint density at radius 1 is 0.720 bits per heavy atom. The summed E-state index contributed by atoms with van der Waals surface area (Å²) in [5, 5.41) is 9.74. The topological polar surface area (TPSA) is 55.2 Å². The molecule has 4 nitrogen and oxygen atoms in total. The molecule has 0 unspecified atom stereocenters. The highest BCUT2D eigenvalue weighted by molar-refractivity contribution is 6.17. The lowest BCUT2D eigenvalue weighted by Gasteiger charge is -2.09. The van der Waals surface area contributed by atoms with Crippen LogP contribution in [0.2, 0.25) is 0 Å². The van der Waals surface area contributed by atoms with E-state index in [9.17, 15) is 0 Å². The summed E-state index contributed by atoms with van der Waals surface area (Å²) in [5.74, 6) is 1.20. The van der Waals surface area contributed by atoms with Crippen molar-refractivity contribution in [2.45, 2.75) is 0 Å². The van der Waals surface area contributed by atoms with Crippen LogP contribution in [0.5, 0.6) is 5.75 Å². The zero-order valence-corrected chi connectivity index (χ0v) is 13.3. The van der Waals surface area contributed by atoms with Crippen LogP contribution in [0.4, 0.5) is 0 Å². The molecule has 3 aromatic carbocycles. The van der Waals surface area contributed by atoms with Crippen LogP contribution in [0.3, 0.4) is 0 Å². The molecule has 0 saturated heterocycles. The first-order valence-electron chi connectivity index (χ1n) is 7.90. The van der Waals surface area contributed by atoms with E-state index in [1.54, 1.807) is 12.1 Å². The molecular weight excluding hydrogens is 311 g/mol. The largest absolute Gasteiger partial charge is 0.569 e. The van der Waals surface area contributed by atoms with Crippen LogP contribution in [0.1, 0.15) is 0 Å². The van der Waals surface area contributed by atoms with Crippen LogP contribution >= 0.6 is 0 Å². The first kappa shape index (κ1) is 15.4. The van der Waals surface area contributed by atoms with E-state index < -0.39 is 0 Å². The van der Waals surface area contributed by atoms with Crippen molar-refractivity contribution in [1.29, 1.82) is 0 Å². The molecule has 5 heteroatoms. The Labute approximate surface area is 146 Å². The van der Waals surface area contributed by atoms with Crippen LogP contribution in [-0.4, -0.2) is 22.7 Å². The van der Waals surface area contributed by atoms with Gasteiger partial charge in [0.05, 0.1) is 11.2 Å². The van der Waals surface area contributed by atoms with Gasteiger partial charge in [-0.05, 0) is 30.3 Å². The Kier molecular flexibility index (Phi) is 4.15. The molecule has 1 N–H and O–H groups in total. The molecule has 0 aliphatic carbocycles. The highest BCUT2D eigenvalue weighted by atomic mass is 16.5. The standard InChI is InChI=1S/C20H14BN2O2/c24-21-25-16-12-10-15(11-13-16)20-22-18-9-5-4-8-17(18)19(23-20)14-6-2-1-3-7-14/h1-13,24H. The van der Waals surface area contributed by atoms with Gasteiger partial charge in [-0.15, -0.1) is 0 Å². The smallest absolute Gasteiger partial charge is 0.537 e. The quantitative estimate of drug-likeness (QED) is 0.579. The van der Waals surface area contributed by atoms with Gasteiger partial charge in [-0.1, -0.05) is 48.5 Å². The Morgan fingerprint density at radius 3 is 2.20 bits per heavy atom. The first-order valence-corrected chi connectivity index (χ1v) is 7.90. The van der Waals surface area contributed by atoms with E-state index in [1.165, 1.54) is 0 Å². The Morgan fingerprint density at radius 2 is 1.44 bits per heavy atom. The van der Waals surface area contributed by atoms with E-state index in [2.05, 4.69) is 0 Å². The van der Waals surface area contributed by atoms with Crippen molar-refractivity contribution in [3.05, 3.63) is 78.9 Å². The first-order chi connectivity index (χ1) is 12.3. The van der Waals surface area contributed by atoms with E-state index in [0.29, 0.717) is 19.3 Å². The summed E-state index contributed by atoms with van der Waals surface area (Å²) in [6.45, 7) is 0. The number of hydrogen-bond acceptors (Lipinski definition) is 4. The molecular formula is C20H14BN2O2. The number of rotatable bonds is 4. The molecule has 0 bridgehead atoms. The molecule has 1 heterocycles. The number of fused-ring (bicyclic) bond motifs is 1. The second kappa shape index (κ2) is 6.75. The molecule has 0 fully saturated rings. The summed E-state index contributed by atoms with van der Waals surface area (Å²) in [6, 6.07) is 25.4. The molecule has 4 aromatic rings. The maximum absolute atomic E-state index is 8.71. The van der Waals surface area contributed by atoms with Crippen molar-refractivity contribution in [1.82, 2.24) is 9.97 Å². The van der Waals surface area contributed by atoms with Gasteiger partial charge in [-0.3, -0.25) is 0 Å². The number of aromatic nitrogens is 2. The van der Waals surface area contributed by atoms with E-state index in [4.69, 9.17) is 19.6 Å². The van der Waals surface area contributed by atoms with Gasteiger partial charge in [0.1, 0.15) is 5.75 Å². The predicted molar refractivity (Wildman–Crippen MR) is 99.0 cm³/mol. The molecule has 1 aromatic heterocycles. The van der Waals surface area contributed by atoms with Crippen molar-refractivity contribution in [2.75, 3.05) is 0 Å². The van der Waals surface area contributed by atoms with Gasteiger partial charge < -0.3 is 9.68 Å². The summed E-state index contributed by atoms with van der Waals surface area (Å²) < 4.78 is 4.95. The Balaban J connectivity index is 1.88. The number of hydrogen-bond donors (Lipinski definition) is 1. The Hall–Kier alpha value is -3.18. The molecule has 119 valence electrons. The maximum atomic E-state index is 8.71. The predicted octanol–water partition coefficient (Wildman–Crippen LogP) is 3.87. The fourth-order valence-electron chi connectivity index (χ4n) is 2.77. The summed E-state index contributed by atoms with van der Waals surface area (Å²) in [7, 11) is 0.662. The minimum Gasteiger partial charge on any atom is -0.537 e. The fraction of sp³-hybridized carbons (Fsp3) is 0. The molecule has 1 radical (unpaired) electrons. The van der Waals surface area contributed by atoms with E-state index in [1.807, 2.05) is 66.7 Å². The third-order valence-corrected chi connectivity index (χ3v) is 3.95. The highest BCUT2D eigenvalue weighted by Gasteiger charge is 2.11. The van der Waals surface area contributed by atoms with Crippen LogP contribution in [0.25, 0.3) is 33.5 Å². The summed E-state index contributed by atoms with van der Waals surface area (Å²) in [4.78, 5) is 9.51. The fourth-order valence-corrected chi connectivity index (χ4v) is 2.77.